The molecule has 1 unspecified atom stereocenters. The third kappa shape index (κ3) is 5.12. The Bertz CT molecular complexity index is 393. The summed E-state index contributed by atoms with van der Waals surface area (Å²) in [6.45, 7) is 6.24. The average Bonchev–Trinajstić information content (AvgIpc) is 2.69. The number of hydrogen-bond donors (Lipinski definition) is 2. The van der Waals surface area contributed by atoms with Crippen LogP contribution in [0.1, 0.15) is 63.9 Å². The number of nitrogens with one attached hydrogen (secondary N) is 1. The van der Waals surface area contributed by atoms with Gasteiger partial charge in [0.1, 0.15) is 0 Å². The molecule has 1 atom stereocenters. The van der Waals surface area contributed by atoms with Crippen molar-refractivity contribution in [1.29, 1.82) is 0 Å². The van der Waals surface area contributed by atoms with E-state index in [1.165, 1.54) is 31.2 Å². The fraction of sp³-hybridized carbons (Fsp3) is 0.684. The second kappa shape index (κ2) is 7.95. The van der Waals surface area contributed by atoms with Crippen LogP contribution in [-0.4, -0.2) is 23.8 Å². The predicted octanol–water partition coefficient (Wildman–Crippen LogP) is 4.10. The molecule has 21 heavy (non-hydrogen) atoms. The molecule has 1 aliphatic rings. The lowest BCUT2D eigenvalue weighted by Gasteiger charge is -2.29. The van der Waals surface area contributed by atoms with Crippen LogP contribution in [0, 0.1) is 5.92 Å². The van der Waals surface area contributed by atoms with Crippen LogP contribution in [0.2, 0.25) is 0 Å². The van der Waals surface area contributed by atoms with Gasteiger partial charge in [-0.1, -0.05) is 69.9 Å². The Balaban J connectivity index is 1.87. The van der Waals surface area contributed by atoms with Gasteiger partial charge in [-0.15, -0.1) is 0 Å². The van der Waals surface area contributed by atoms with Crippen molar-refractivity contribution in [2.75, 3.05) is 13.1 Å². The Hall–Kier alpha value is -0.860. The molecule has 1 fully saturated rings. The molecule has 0 spiro atoms. The molecule has 1 aromatic carbocycles. The van der Waals surface area contributed by atoms with Crippen LogP contribution < -0.4 is 5.32 Å². The van der Waals surface area contributed by atoms with Crippen LogP contribution in [0.5, 0.6) is 0 Å². The number of hydrogen-bond acceptors (Lipinski definition) is 2. The summed E-state index contributed by atoms with van der Waals surface area (Å²) < 4.78 is 0. The van der Waals surface area contributed by atoms with Gasteiger partial charge in [0.05, 0.1) is 5.60 Å². The van der Waals surface area contributed by atoms with E-state index >= 15 is 0 Å². The summed E-state index contributed by atoms with van der Waals surface area (Å²) in [4.78, 5) is 0. The highest BCUT2D eigenvalue weighted by Crippen LogP contribution is 2.27. The van der Waals surface area contributed by atoms with E-state index in [0.29, 0.717) is 11.8 Å². The molecule has 2 rings (SSSR count). The second-order valence-corrected chi connectivity index (χ2v) is 7.03. The standard InChI is InChI=1S/C19H31NO/c1-16(2)18(17-10-6-5-7-11-17)14-20-15-19(21)12-8-3-4-9-13-19/h5-7,10-11,16,18,20-21H,3-4,8-9,12-15H2,1-2H3. The Labute approximate surface area is 130 Å². The summed E-state index contributed by atoms with van der Waals surface area (Å²) in [6.07, 6.45) is 6.81. The third-order valence-corrected chi connectivity index (χ3v) is 4.89. The normalized spacial score (nSPS) is 20.2. The first-order valence-electron chi connectivity index (χ1n) is 8.59. The van der Waals surface area contributed by atoms with Gasteiger partial charge >= 0.3 is 0 Å². The molecule has 0 saturated heterocycles. The van der Waals surface area contributed by atoms with E-state index in [2.05, 4.69) is 49.5 Å². The molecular formula is C19H31NO. The molecule has 0 heterocycles. The Morgan fingerprint density at radius 2 is 1.67 bits per heavy atom. The van der Waals surface area contributed by atoms with Crippen molar-refractivity contribution in [1.82, 2.24) is 5.32 Å². The topological polar surface area (TPSA) is 32.3 Å². The number of rotatable bonds is 6. The predicted molar refractivity (Wildman–Crippen MR) is 89.5 cm³/mol. The zero-order valence-electron chi connectivity index (χ0n) is 13.6. The van der Waals surface area contributed by atoms with E-state index in [1.807, 2.05) is 0 Å². The smallest absolute Gasteiger partial charge is 0.0771 e. The van der Waals surface area contributed by atoms with Crippen LogP contribution in [-0.2, 0) is 0 Å². The summed E-state index contributed by atoms with van der Waals surface area (Å²) in [6, 6.07) is 10.7. The van der Waals surface area contributed by atoms with Crippen molar-refractivity contribution in [2.45, 2.75) is 63.9 Å². The lowest BCUT2D eigenvalue weighted by molar-refractivity contribution is 0.0249. The third-order valence-electron chi connectivity index (χ3n) is 4.89. The average molecular weight is 289 g/mol. The highest BCUT2D eigenvalue weighted by molar-refractivity contribution is 5.20. The number of benzene rings is 1. The zero-order valence-corrected chi connectivity index (χ0v) is 13.6. The summed E-state index contributed by atoms with van der Waals surface area (Å²) in [5.41, 5.74) is 0.919. The van der Waals surface area contributed by atoms with Crippen molar-refractivity contribution in [2.24, 2.45) is 5.92 Å². The fourth-order valence-electron chi connectivity index (χ4n) is 3.46. The molecule has 0 amide bonds. The molecule has 118 valence electrons. The second-order valence-electron chi connectivity index (χ2n) is 7.03. The Morgan fingerprint density at radius 3 is 2.24 bits per heavy atom. The minimum atomic E-state index is -0.477. The summed E-state index contributed by atoms with van der Waals surface area (Å²) in [5, 5.41) is 14.3. The maximum atomic E-state index is 10.7. The van der Waals surface area contributed by atoms with Gasteiger partial charge in [-0.05, 0) is 30.2 Å². The van der Waals surface area contributed by atoms with E-state index in [0.717, 1.165) is 25.9 Å². The van der Waals surface area contributed by atoms with Gasteiger partial charge in [0.25, 0.3) is 0 Å². The van der Waals surface area contributed by atoms with Crippen molar-refractivity contribution in [3.05, 3.63) is 35.9 Å². The lowest BCUT2D eigenvalue weighted by atomic mass is 9.88. The molecule has 0 aliphatic heterocycles. The van der Waals surface area contributed by atoms with Crippen LogP contribution >= 0.6 is 0 Å². The summed E-state index contributed by atoms with van der Waals surface area (Å²) in [7, 11) is 0. The van der Waals surface area contributed by atoms with E-state index in [4.69, 9.17) is 0 Å². The molecule has 0 radical (unpaired) electrons. The highest BCUT2D eigenvalue weighted by atomic mass is 16.3. The first kappa shape index (κ1) is 16.5. The zero-order chi connectivity index (χ0) is 15.1. The first-order valence-corrected chi connectivity index (χ1v) is 8.59. The minimum Gasteiger partial charge on any atom is -0.389 e. The van der Waals surface area contributed by atoms with Gasteiger partial charge < -0.3 is 10.4 Å². The number of aliphatic hydroxyl groups is 1. The van der Waals surface area contributed by atoms with Crippen molar-refractivity contribution in [3.8, 4) is 0 Å². The lowest BCUT2D eigenvalue weighted by Crippen LogP contribution is -2.41. The molecule has 0 aromatic heterocycles. The van der Waals surface area contributed by atoms with Crippen LogP contribution in [0.3, 0.4) is 0 Å². The van der Waals surface area contributed by atoms with Crippen molar-refractivity contribution < 1.29 is 5.11 Å². The molecule has 1 aliphatic carbocycles. The van der Waals surface area contributed by atoms with E-state index in [-0.39, 0.29) is 0 Å². The molecule has 2 nitrogen and oxygen atoms in total. The van der Waals surface area contributed by atoms with E-state index < -0.39 is 5.60 Å². The Kier molecular flexibility index (Phi) is 6.25. The largest absolute Gasteiger partial charge is 0.389 e. The maximum absolute atomic E-state index is 10.7. The molecule has 0 bridgehead atoms. The van der Waals surface area contributed by atoms with Crippen LogP contribution in [0.4, 0.5) is 0 Å². The summed E-state index contributed by atoms with van der Waals surface area (Å²) in [5.74, 6) is 1.12. The molecule has 2 N–H and O–H groups in total. The van der Waals surface area contributed by atoms with Gasteiger partial charge in [0.2, 0.25) is 0 Å². The van der Waals surface area contributed by atoms with Gasteiger partial charge in [0.15, 0.2) is 0 Å². The monoisotopic (exact) mass is 289 g/mol. The van der Waals surface area contributed by atoms with Gasteiger partial charge in [-0.25, -0.2) is 0 Å². The Morgan fingerprint density at radius 1 is 1.05 bits per heavy atom. The highest BCUT2D eigenvalue weighted by Gasteiger charge is 2.28. The van der Waals surface area contributed by atoms with E-state index in [1.54, 1.807) is 0 Å². The van der Waals surface area contributed by atoms with Gasteiger partial charge in [0, 0.05) is 13.1 Å². The fourth-order valence-corrected chi connectivity index (χ4v) is 3.46. The van der Waals surface area contributed by atoms with Crippen molar-refractivity contribution in [3.63, 3.8) is 0 Å². The van der Waals surface area contributed by atoms with Gasteiger partial charge in [-0.3, -0.25) is 0 Å². The minimum absolute atomic E-state index is 0.477. The van der Waals surface area contributed by atoms with Crippen molar-refractivity contribution >= 4 is 0 Å². The van der Waals surface area contributed by atoms with Crippen LogP contribution in [0.25, 0.3) is 0 Å². The molecule has 1 saturated carbocycles. The molecule has 1 aromatic rings. The molecule has 2 heteroatoms. The summed E-state index contributed by atoms with van der Waals surface area (Å²) >= 11 is 0. The SMILES string of the molecule is CC(C)C(CNCC1(O)CCCCCC1)c1ccccc1. The van der Waals surface area contributed by atoms with E-state index in [9.17, 15) is 5.11 Å². The molecular weight excluding hydrogens is 258 g/mol. The van der Waals surface area contributed by atoms with Gasteiger partial charge in [-0.2, -0.15) is 0 Å². The first-order chi connectivity index (χ1) is 10.1. The maximum Gasteiger partial charge on any atom is 0.0771 e. The quantitative estimate of drug-likeness (QED) is 0.773. The van der Waals surface area contributed by atoms with Crippen LogP contribution in [0.15, 0.2) is 30.3 Å².